The van der Waals surface area contributed by atoms with Crippen LogP contribution in [0, 0.1) is 11.3 Å². The lowest BCUT2D eigenvalue weighted by Gasteiger charge is -2.50. The molecule has 0 aromatic heterocycles. The molecule has 0 spiro atoms. The van der Waals surface area contributed by atoms with Crippen LogP contribution in [0.2, 0.25) is 0 Å². The molecule has 2 aliphatic rings. The zero-order valence-electron chi connectivity index (χ0n) is 13.8. The van der Waals surface area contributed by atoms with E-state index in [-0.39, 0.29) is 5.54 Å². The van der Waals surface area contributed by atoms with Crippen LogP contribution < -0.4 is 5.73 Å². The number of ether oxygens (including phenoxy) is 1. The second-order valence-corrected chi connectivity index (χ2v) is 7.50. The fourth-order valence-corrected chi connectivity index (χ4v) is 4.10. The van der Waals surface area contributed by atoms with Crippen molar-refractivity contribution in [2.24, 2.45) is 17.1 Å². The highest BCUT2D eigenvalue weighted by Crippen LogP contribution is 2.45. The topological polar surface area (TPSA) is 38.5 Å². The van der Waals surface area contributed by atoms with Gasteiger partial charge in [-0.25, -0.2) is 0 Å². The van der Waals surface area contributed by atoms with Gasteiger partial charge < -0.3 is 10.5 Å². The van der Waals surface area contributed by atoms with Crippen LogP contribution in [0.3, 0.4) is 0 Å². The van der Waals surface area contributed by atoms with Gasteiger partial charge in [-0.1, -0.05) is 27.2 Å². The molecular formula is C17H34N2O. The van der Waals surface area contributed by atoms with Gasteiger partial charge in [0.1, 0.15) is 0 Å². The Hall–Kier alpha value is -0.120. The number of nitrogens with zero attached hydrogens (tertiary/aromatic N) is 1. The second kappa shape index (κ2) is 6.76. The van der Waals surface area contributed by atoms with Crippen LogP contribution in [0.25, 0.3) is 0 Å². The molecule has 2 rings (SSSR count). The number of nitrogens with two attached hydrogens (primary N) is 1. The van der Waals surface area contributed by atoms with E-state index in [0.29, 0.717) is 5.41 Å². The molecule has 0 atom stereocenters. The fraction of sp³-hybridized carbons (Fsp3) is 1.00. The Labute approximate surface area is 125 Å². The van der Waals surface area contributed by atoms with Gasteiger partial charge in [0.05, 0.1) is 6.61 Å². The SMILES string of the molecule is CCC(C)(C)C1CCC(CN)(N2CCCOCC2)CC1. The maximum absolute atomic E-state index is 6.22. The molecule has 1 aliphatic carbocycles. The standard InChI is InChI=1S/C17H34N2O/c1-4-16(2,3)15-6-8-17(14-18,9-7-15)19-10-5-12-20-13-11-19/h15H,4-14,18H2,1-3H3. The van der Waals surface area contributed by atoms with Crippen molar-refractivity contribution in [3.8, 4) is 0 Å². The Balaban J connectivity index is 2.00. The molecule has 20 heavy (non-hydrogen) atoms. The normalized spacial score (nSPS) is 33.9. The minimum absolute atomic E-state index is 0.258. The summed E-state index contributed by atoms with van der Waals surface area (Å²) >= 11 is 0. The molecule has 0 amide bonds. The van der Waals surface area contributed by atoms with Gasteiger partial charge in [-0.15, -0.1) is 0 Å². The lowest BCUT2D eigenvalue weighted by atomic mass is 9.65. The Bertz CT molecular complexity index is 287. The van der Waals surface area contributed by atoms with Gasteiger partial charge in [0, 0.05) is 31.8 Å². The molecule has 0 radical (unpaired) electrons. The molecule has 2 fully saturated rings. The first kappa shape index (κ1) is 16.3. The van der Waals surface area contributed by atoms with E-state index in [9.17, 15) is 0 Å². The first-order chi connectivity index (χ1) is 9.54. The minimum Gasteiger partial charge on any atom is -0.380 e. The lowest BCUT2D eigenvalue weighted by molar-refractivity contribution is 0.0148. The zero-order valence-corrected chi connectivity index (χ0v) is 13.8. The third-order valence-electron chi connectivity index (χ3n) is 6.21. The molecule has 1 aliphatic heterocycles. The fourth-order valence-electron chi connectivity index (χ4n) is 4.10. The van der Waals surface area contributed by atoms with Crippen molar-refractivity contribution >= 4 is 0 Å². The van der Waals surface area contributed by atoms with Crippen LogP contribution in [0.15, 0.2) is 0 Å². The summed E-state index contributed by atoms with van der Waals surface area (Å²) in [6.07, 6.45) is 7.68. The summed E-state index contributed by atoms with van der Waals surface area (Å²) in [7, 11) is 0. The monoisotopic (exact) mass is 282 g/mol. The Morgan fingerprint density at radius 1 is 1.20 bits per heavy atom. The zero-order chi connectivity index (χ0) is 14.6. The summed E-state index contributed by atoms with van der Waals surface area (Å²) in [6, 6.07) is 0. The summed E-state index contributed by atoms with van der Waals surface area (Å²) < 4.78 is 5.62. The van der Waals surface area contributed by atoms with E-state index in [4.69, 9.17) is 10.5 Å². The molecule has 2 N–H and O–H groups in total. The summed E-state index contributed by atoms with van der Waals surface area (Å²) in [6.45, 7) is 12.1. The van der Waals surface area contributed by atoms with Gasteiger partial charge in [0.25, 0.3) is 0 Å². The van der Waals surface area contributed by atoms with E-state index in [2.05, 4.69) is 25.7 Å². The molecule has 1 saturated heterocycles. The largest absolute Gasteiger partial charge is 0.380 e. The van der Waals surface area contributed by atoms with Crippen LogP contribution in [0.4, 0.5) is 0 Å². The maximum atomic E-state index is 6.22. The second-order valence-electron chi connectivity index (χ2n) is 7.50. The maximum Gasteiger partial charge on any atom is 0.0593 e. The van der Waals surface area contributed by atoms with E-state index in [1.807, 2.05) is 0 Å². The smallest absolute Gasteiger partial charge is 0.0593 e. The third-order valence-corrected chi connectivity index (χ3v) is 6.21. The van der Waals surface area contributed by atoms with Crippen molar-refractivity contribution in [1.82, 2.24) is 4.90 Å². The van der Waals surface area contributed by atoms with Crippen LogP contribution in [0.1, 0.15) is 59.3 Å². The average Bonchev–Trinajstić information content (AvgIpc) is 2.77. The molecule has 0 unspecified atom stereocenters. The van der Waals surface area contributed by atoms with Gasteiger partial charge in [0.2, 0.25) is 0 Å². The highest BCUT2D eigenvalue weighted by atomic mass is 16.5. The molecule has 0 aromatic carbocycles. The van der Waals surface area contributed by atoms with Crippen molar-refractivity contribution in [2.75, 3.05) is 32.8 Å². The van der Waals surface area contributed by atoms with E-state index in [1.54, 1.807) is 0 Å². The molecule has 118 valence electrons. The van der Waals surface area contributed by atoms with Crippen LogP contribution in [-0.2, 0) is 4.74 Å². The Morgan fingerprint density at radius 3 is 2.50 bits per heavy atom. The molecule has 3 nitrogen and oxygen atoms in total. The molecule has 0 aromatic rings. The van der Waals surface area contributed by atoms with Gasteiger partial charge in [-0.3, -0.25) is 4.90 Å². The average molecular weight is 282 g/mol. The first-order valence-corrected chi connectivity index (χ1v) is 8.57. The van der Waals surface area contributed by atoms with Crippen LogP contribution in [0.5, 0.6) is 0 Å². The first-order valence-electron chi connectivity index (χ1n) is 8.57. The van der Waals surface area contributed by atoms with Crippen molar-refractivity contribution in [2.45, 2.75) is 64.8 Å². The quantitative estimate of drug-likeness (QED) is 0.861. The lowest BCUT2D eigenvalue weighted by Crippen LogP contribution is -2.57. The van der Waals surface area contributed by atoms with Gasteiger partial charge in [0.15, 0.2) is 0 Å². The van der Waals surface area contributed by atoms with E-state index >= 15 is 0 Å². The van der Waals surface area contributed by atoms with E-state index in [0.717, 1.165) is 38.6 Å². The van der Waals surface area contributed by atoms with Gasteiger partial charge in [-0.05, 0) is 43.4 Å². The van der Waals surface area contributed by atoms with Gasteiger partial charge in [-0.2, -0.15) is 0 Å². The summed E-state index contributed by atoms with van der Waals surface area (Å²) in [5.41, 5.74) is 6.97. The summed E-state index contributed by atoms with van der Waals surface area (Å²) in [4.78, 5) is 2.65. The molecular weight excluding hydrogens is 248 g/mol. The van der Waals surface area contributed by atoms with E-state index in [1.165, 1.54) is 38.6 Å². The Kier molecular flexibility index (Phi) is 5.49. The molecule has 3 heteroatoms. The van der Waals surface area contributed by atoms with Crippen molar-refractivity contribution in [3.63, 3.8) is 0 Å². The van der Waals surface area contributed by atoms with Crippen LogP contribution in [-0.4, -0.2) is 43.3 Å². The summed E-state index contributed by atoms with van der Waals surface area (Å²) in [5.74, 6) is 0.871. The predicted molar refractivity (Wildman–Crippen MR) is 84.8 cm³/mol. The number of hydrogen-bond donors (Lipinski definition) is 1. The predicted octanol–water partition coefficient (Wildman–Crippen LogP) is 3.03. The van der Waals surface area contributed by atoms with E-state index < -0.39 is 0 Å². The van der Waals surface area contributed by atoms with Crippen molar-refractivity contribution in [3.05, 3.63) is 0 Å². The van der Waals surface area contributed by atoms with Gasteiger partial charge >= 0.3 is 0 Å². The summed E-state index contributed by atoms with van der Waals surface area (Å²) in [5, 5.41) is 0. The number of rotatable bonds is 4. The number of hydrogen-bond acceptors (Lipinski definition) is 3. The molecule has 1 saturated carbocycles. The van der Waals surface area contributed by atoms with Crippen molar-refractivity contribution in [1.29, 1.82) is 0 Å². The minimum atomic E-state index is 0.258. The Morgan fingerprint density at radius 2 is 1.90 bits per heavy atom. The van der Waals surface area contributed by atoms with Crippen LogP contribution >= 0.6 is 0 Å². The molecule has 1 heterocycles. The highest BCUT2D eigenvalue weighted by molar-refractivity contribution is 4.98. The van der Waals surface area contributed by atoms with Crippen molar-refractivity contribution < 1.29 is 4.74 Å². The highest BCUT2D eigenvalue weighted by Gasteiger charge is 2.42. The molecule has 0 bridgehead atoms. The third kappa shape index (κ3) is 3.37.